The molecule has 0 fully saturated rings. The highest BCUT2D eigenvalue weighted by molar-refractivity contribution is 5.88. The second-order valence-electron chi connectivity index (χ2n) is 3.73. The normalized spacial score (nSPS) is 10.3. The molecule has 0 saturated carbocycles. The summed E-state index contributed by atoms with van der Waals surface area (Å²) in [6.45, 7) is 1.86. The number of carboxylic acids is 1. The summed E-state index contributed by atoms with van der Waals surface area (Å²) in [6.07, 6.45) is 0.539. The lowest BCUT2D eigenvalue weighted by atomic mass is 10.0. The maximum absolute atomic E-state index is 11.0. The van der Waals surface area contributed by atoms with Crippen molar-refractivity contribution in [2.45, 2.75) is 13.3 Å². The van der Waals surface area contributed by atoms with Gasteiger partial charge in [0, 0.05) is 11.1 Å². The van der Waals surface area contributed by atoms with Gasteiger partial charge in [-0.2, -0.15) is 0 Å². The molecule has 2 rings (SSSR count). The standard InChI is InChI=1S/C13H13NO4/c1-3-10-11(14-18-12(10)13(15)16)8-5-4-6-9(7-8)17-2/h4-7H,3H2,1-2H3,(H,15,16). The molecule has 94 valence electrons. The molecule has 1 heterocycles. The van der Waals surface area contributed by atoms with Crippen molar-refractivity contribution in [3.63, 3.8) is 0 Å². The number of methoxy groups -OCH3 is 1. The SMILES string of the molecule is CCc1c(-c2cccc(OC)c2)noc1C(=O)O. The van der Waals surface area contributed by atoms with Crippen LogP contribution >= 0.6 is 0 Å². The molecule has 5 heteroatoms. The van der Waals surface area contributed by atoms with Gasteiger partial charge in [-0.25, -0.2) is 4.79 Å². The van der Waals surface area contributed by atoms with Crippen molar-refractivity contribution in [1.29, 1.82) is 0 Å². The first-order valence-electron chi connectivity index (χ1n) is 5.53. The molecule has 0 unspecified atom stereocenters. The van der Waals surface area contributed by atoms with Crippen LogP contribution in [0.15, 0.2) is 28.8 Å². The van der Waals surface area contributed by atoms with E-state index in [9.17, 15) is 4.79 Å². The van der Waals surface area contributed by atoms with Crippen LogP contribution in [0.2, 0.25) is 0 Å². The van der Waals surface area contributed by atoms with E-state index in [1.54, 1.807) is 13.2 Å². The molecular weight excluding hydrogens is 234 g/mol. The number of nitrogens with zero attached hydrogens (tertiary/aromatic N) is 1. The van der Waals surface area contributed by atoms with Gasteiger partial charge >= 0.3 is 5.97 Å². The molecule has 0 radical (unpaired) electrons. The minimum atomic E-state index is -1.10. The molecule has 0 spiro atoms. The van der Waals surface area contributed by atoms with Gasteiger partial charge < -0.3 is 14.4 Å². The average Bonchev–Trinajstić information content (AvgIpc) is 2.82. The van der Waals surface area contributed by atoms with Gasteiger partial charge in [-0.15, -0.1) is 0 Å². The minimum absolute atomic E-state index is 0.102. The van der Waals surface area contributed by atoms with Crippen LogP contribution < -0.4 is 4.74 Å². The van der Waals surface area contributed by atoms with Crippen LogP contribution in [0.3, 0.4) is 0 Å². The van der Waals surface area contributed by atoms with Crippen molar-refractivity contribution in [3.05, 3.63) is 35.6 Å². The molecule has 1 aromatic carbocycles. The van der Waals surface area contributed by atoms with Gasteiger partial charge in [0.25, 0.3) is 0 Å². The third-order valence-corrected chi connectivity index (χ3v) is 2.68. The molecule has 2 aromatic rings. The first-order chi connectivity index (χ1) is 8.67. The Labute approximate surface area is 104 Å². The second kappa shape index (κ2) is 4.91. The molecule has 0 aliphatic heterocycles. The lowest BCUT2D eigenvalue weighted by molar-refractivity contribution is 0.0650. The highest BCUT2D eigenvalue weighted by atomic mass is 16.5. The Kier molecular flexibility index (Phi) is 3.32. The third-order valence-electron chi connectivity index (χ3n) is 2.68. The number of benzene rings is 1. The smallest absolute Gasteiger partial charge is 0.375 e. The molecule has 5 nitrogen and oxygen atoms in total. The Hall–Kier alpha value is -2.30. The predicted molar refractivity (Wildman–Crippen MR) is 64.8 cm³/mol. The molecule has 0 aliphatic carbocycles. The number of carbonyl (C=O) groups is 1. The molecule has 1 aromatic heterocycles. The van der Waals surface area contributed by atoms with Crippen molar-refractivity contribution in [2.24, 2.45) is 0 Å². The summed E-state index contributed by atoms with van der Waals surface area (Å²) in [5.41, 5.74) is 1.92. The maximum atomic E-state index is 11.0. The fourth-order valence-electron chi connectivity index (χ4n) is 1.80. The van der Waals surface area contributed by atoms with Gasteiger partial charge in [0.15, 0.2) is 0 Å². The van der Waals surface area contributed by atoms with Crippen LogP contribution in [-0.2, 0) is 6.42 Å². The quantitative estimate of drug-likeness (QED) is 0.899. The molecule has 1 N–H and O–H groups in total. The Bertz CT molecular complexity index is 574. The predicted octanol–water partition coefficient (Wildman–Crippen LogP) is 2.61. The highest BCUT2D eigenvalue weighted by Gasteiger charge is 2.21. The Morgan fingerprint density at radius 3 is 2.89 bits per heavy atom. The maximum Gasteiger partial charge on any atom is 0.375 e. The summed E-state index contributed by atoms with van der Waals surface area (Å²) in [7, 11) is 1.57. The number of aromatic carboxylic acids is 1. The minimum Gasteiger partial charge on any atom is -0.497 e. The van der Waals surface area contributed by atoms with Crippen LogP contribution in [0.25, 0.3) is 11.3 Å². The number of carboxylic acid groups (broad SMARTS) is 1. The van der Waals surface area contributed by atoms with Crippen molar-refractivity contribution >= 4 is 5.97 Å². The summed E-state index contributed by atoms with van der Waals surface area (Å²) in [6, 6.07) is 7.27. The lowest BCUT2D eigenvalue weighted by Crippen LogP contribution is -1.98. The van der Waals surface area contributed by atoms with Crippen LogP contribution in [0.5, 0.6) is 5.75 Å². The Morgan fingerprint density at radius 1 is 1.50 bits per heavy atom. The van der Waals surface area contributed by atoms with E-state index in [0.29, 0.717) is 23.4 Å². The van der Waals surface area contributed by atoms with E-state index < -0.39 is 5.97 Å². The molecule has 18 heavy (non-hydrogen) atoms. The average molecular weight is 247 g/mol. The van der Waals surface area contributed by atoms with E-state index in [2.05, 4.69) is 5.16 Å². The van der Waals surface area contributed by atoms with Crippen LogP contribution in [0.4, 0.5) is 0 Å². The van der Waals surface area contributed by atoms with E-state index in [0.717, 1.165) is 5.56 Å². The van der Waals surface area contributed by atoms with E-state index >= 15 is 0 Å². The van der Waals surface area contributed by atoms with Gasteiger partial charge in [0.05, 0.1) is 7.11 Å². The van der Waals surface area contributed by atoms with Gasteiger partial charge in [-0.05, 0) is 18.6 Å². The molecule has 0 amide bonds. The summed E-state index contributed by atoms with van der Waals surface area (Å²) in [5.74, 6) is -0.516. The second-order valence-corrected chi connectivity index (χ2v) is 3.73. The molecule has 0 saturated heterocycles. The first kappa shape index (κ1) is 12.2. The zero-order valence-corrected chi connectivity index (χ0v) is 10.1. The van der Waals surface area contributed by atoms with Crippen LogP contribution in [-0.4, -0.2) is 23.3 Å². The number of hydrogen-bond donors (Lipinski definition) is 1. The van der Waals surface area contributed by atoms with Crippen molar-refractivity contribution in [3.8, 4) is 17.0 Å². The van der Waals surface area contributed by atoms with Crippen LogP contribution in [0.1, 0.15) is 23.0 Å². The van der Waals surface area contributed by atoms with E-state index in [4.69, 9.17) is 14.4 Å². The first-order valence-corrected chi connectivity index (χ1v) is 5.53. The lowest BCUT2D eigenvalue weighted by Gasteiger charge is -2.03. The molecule has 0 atom stereocenters. The Balaban J connectivity index is 2.53. The van der Waals surface area contributed by atoms with Crippen molar-refractivity contribution < 1.29 is 19.2 Å². The zero-order valence-electron chi connectivity index (χ0n) is 10.1. The summed E-state index contributed by atoms with van der Waals surface area (Å²) in [4.78, 5) is 11.0. The molecular formula is C13H13NO4. The molecule has 0 aliphatic rings. The van der Waals surface area contributed by atoms with E-state index in [1.165, 1.54) is 0 Å². The third kappa shape index (κ3) is 2.07. The van der Waals surface area contributed by atoms with E-state index in [-0.39, 0.29) is 5.76 Å². The van der Waals surface area contributed by atoms with Crippen molar-refractivity contribution in [1.82, 2.24) is 5.16 Å². The topological polar surface area (TPSA) is 72.6 Å². The zero-order chi connectivity index (χ0) is 13.1. The van der Waals surface area contributed by atoms with Crippen molar-refractivity contribution in [2.75, 3.05) is 7.11 Å². The number of rotatable bonds is 4. The van der Waals surface area contributed by atoms with Crippen LogP contribution in [0, 0.1) is 0 Å². The van der Waals surface area contributed by atoms with Gasteiger partial charge in [-0.3, -0.25) is 0 Å². The van der Waals surface area contributed by atoms with Gasteiger partial charge in [-0.1, -0.05) is 24.2 Å². The number of hydrogen-bond acceptors (Lipinski definition) is 4. The fraction of sp³-hybridized carbons (Fsp3) is 0.231. The van der Waals surface area contributed by atoms with Gasteiger partial charge in [0.1, 0.15) is 11.4 Å². The number of aromatic nitrogens is 1. The summed E-state index contributed by atoms with van der Waals surface area (Å²) >= 11 is 0. The van der Waals surface area contributed by atoms with Gasteiger partial charge in [0.2, 0.25) is 5.76 Å². The largest absolute Gasteiger partial charge is 0.497 e. The van der Waals surface area contributed by atoms with E-state index in [1.807, 2.05) is 25.1 Å². The Morgan fingerprint density at radius 2 is 2.28 bits per heavy atom. The summed E-state index contributed by atoms with van der Waals surface area (Å²) in [5, 5.41) is 12.8. The number of ether oxygens (including phenoxy) is 1. The summed E-state index contributed by atoms with van der Waals surface area (Å²) < 4.78 is 10.0. The monoisotopic (exact) mass is 247 g/mol. The fourth-order valence-corrected chi connectivity index (χ4v) is 1.80. The molecule has 0 bridgehead atoms. The highest BCUT2D eigenvalue weighted by Crippen LogP contribution is 2.28.